The van der Waals surface area contributed by atoms with Gasteiger partial charge in [0, 0.05) is 29.6 Å². The Morgan fingerprint density at radius 1 is 1.14 bits per heavy atom. The zero-order valence-electron chi connectivity index (χ0n) is 16.4. The van der Waals surface area contributed by atoms with E-state index in [4.69, 9.17) is 4.98 Å². The summed E-state index contributed by atoms with van der Waals surface area (Å²) < 4.78 is 17.7. The van der Waals surface area contributed by atoms with E-state index in [2.05, 4.69) is 28.7 Å². The molecule has 0 radical (unpaired) electrons. The van der Waals surface area contributed by atoms with Gasteiger partial charge < -0.3 is 0 Å². The van der Waals surface area contributed by atoms with Crippen LogP contribution in [0.2, 0.25) is 0 Å². The predicted octanol–water partition coefficient (Wildman–Crippen LogP) is 4.83. The van der Waals surface area contributed by atoms with Crippen LogP contribution in [-0.2, 0) is 11.0 Å². The summed E-state index contributed by atoms with van der Waals surface area (Å²) in [5, 5.41) is 4.55. The zero-order valence-corrected chi connectivity index (χ0v) is 17.3. The molecule has 0 spiro atoms. The Labute approximate surface area is 172 Å². The van der Waals surface area contributed by atoms with Gasteiger partial charge in [0.05, 0.1) is 16.8 Å². The van der Waals surface area contributed by atoms with Gasteiger partial charge in [-0.15, -0.1) is 0 Å². The van der Waals surface area contributed by atoms with Gasteiger partial charge in [-0.1, -0.05) is 50.6 Å². The Kier molecular flexibility index (Phi) is 5.67. The molecule has 0 aliphatic heterocycles. The second-order valence-corrected chi connectivity index (χ2v) is 8.19. The smallest absolute Gasteiger partial charge is 0.161 e. The highest BCUT2D eigenvalue weighted by Crippen LogP contribution is 2.29. The van der Waals surface area contributed by atoms with Crippen LogP contribution in [0.15, 0.2) is 72.0 Å². The highest BCUT2D eigenvalue weighted by Gasteiger charge is 2.18. The summed E-state index contributed by atoms with van der Waals surface area (Å²) in [4.78, 5) is 9.56. The summed E-state index contributed by atoms with van der Waals surface area (Å²) in [5.41, 5.74) is 3.70. The first-order valence-corrected chi connectivity index (χ1v) is 10.8. The van der Waals surface area contributed by atoms with Crippen molar-refractivity contribution in [2.45, 2.75) is 37.5 Å². The maximum absolute atomic E-state index is 12.8. The Morgan fingerprint density at radius 3 is 2.69 bits per heavy atom. The molecule has 1 N–H and O–H groups in total. The molecule has 0 saturated heterocycles. The molecule has 0 aliphatic rings. The summed E-state index contributed by atoms with van der Waals surface area (Å²) in [6, 6.07) is 15.4. The number of nitrogens with one attached hydrogen (secondary N) is 1. The maximum Gasteiger partial charge on any atom is 0.161 e. The van der Waals surface area contributed by atoms with E-state index >= 15 is 0 Å². The number of pyridine rings is 1. The summed E-state index contributed by atoms with van der Waals surface area (Å²) in [5.74, 6) is 0.971. The Balaban J connectivity index is 1.82. The lowest BCUT2D eigenvalue weighted by molar-refractivity contribution is 0.668. The van der Waals surface area contributed by atoms with Crippen LogP contribution in [0.5, 0.6) is 0 Å². The normalized spacial score (nSPS) is 13.3. The minimum absolute atomic E-state index is 0.340. The molecule has 6 nitrogen and oxygen atoms in total. The first-order chi connectivity index (χ1) is 14.2. The van der Waals surface area contributed by atoms with Crippen LogP contribution >= 0.6 is 0 Å². The summed E-state index contributed by atoms with van der Waals surface area (Å²) in [6.45, 7) is 4.37. The van der Waals surface area contributed by atoms with Crippen LogP contribution in [0.1, 0.15) is 38.2 Å². The third-order valence-electron chi connectivity index (χ3n) is 4.87. The average Bonchev–Trinajstić information content (AvgIpc) is 3.19. The molecule has 2 atom stereocenters. The number of nitrogens with zero attached hydrogens (tertiary/aromatic N) is 4. The van der Waals surface area contributed by atoms with Crippen LogP contribution in [0, 0.1) is 0 Å². The van der Waals surface area contributed by atoms with Gasteiger partial charge >= 0.3 is 0 Å². The fourth-order valence-electron chi connectivity index (χ4n) is 3.36. The van der Waals surface area contributed by atoms with Crippen molar-refractivity contribution in [2.75, 3.05) is 4.72 Å². The van der Waals surface area contributed by atoms with Gasteiger partial charge in [0.2, 0.25) is 0 Å². The van der Waals surface area contributed by atoms with E-state index in [-0.39, 0.29) is 0 Å². The SMILES string of the molecule is CCCC(C)c1cnn2c(NS(=O)c3cccnc3)cc(-c3ccccc3)nc12. The molecule has 29 heavy (non-hydrogen) atoms. The van der Waals surface area contributed by atoms with E-state index in [1.165, 1.54) is 0 Å². The Hall–Kier alpha value is -3.06. The lowest BCUT2D eigenvalue weighted by Gasteiger charge is -2.12. The van der Waals surface area contributed by atoms with Crippen molar-refractivity contribution < 1.29 is 4.21 Å². The van der Waals surface area contributed by atoms with Crippen molar-refractivity contribution in [3.8, 4) is 11.3 Å². The first kappa shape index (κ1) is 19.3. The molecule has 0 amide bonds. The van der Waals surface area contributed by atoms with Gasteiger partial charge in [0.1, 0.15) is 5.82 Å². The minimum atomic E-state index is -1.46. The molecule has 148 valence electrons. The zero-order chi connectivity index (χ0) is 20.2. The molecule has 3 heterocycles. The van der Waals surface area contributed by atoms with Crippen LogP contribution in [0.4, 0.5) is 5.82 Å². The van der Waals surface area contributed by atoms with E-state index in [0.717, 1.165) is 35.3 Å². The molecule has 4 rings (SSSR count). The molecule has 0 saturated carbocycles. The summed E-state index contributed by atoms with van der Waals surface area (Å²) >= 11 is 0. The highest BCUT2D eigenvalue weighted by atomic mass is 32.2. The molecule has 0 aliphatic carbocycles. The van der Waals surface area contributed by atoms with E-state index in [1.807, 2.05) is 42.6 Å². The number of fused-ring (bicyclic) bond motifs is 1. The van der Waals surface area contributed by atoms with Gasteiger partial charge in [-0.05, 0) is 24.5 Å². The molecular formula is C22H23N5OS. The number of benzene rings is 1. The number of rotatable bonds is 7. The van der Waals surface area contributed by atoms with Crippen molar-refractivity contribution >= 4 is 22.5 Å². The van der Waals surface area contributed by atoms with E-state index in [9.17, 15) is 4.21 Å². The van der Waals surface area contributed by atoms with Crippen molar-refractivity contribution in [1.29, 1.82) is 0 Å². The van der Waals surface area contributed by atoms with Crippen LogP contribution in [0.25, 0.3) is 16.9 Å². The van der Waals surface area contributed by atoms with E-state index in [0.29, 0.717) is 16.6 Å². The van der Waals surface area contributed by atoms with Crippen molar-refractivity contribution in [1.82, 2.24) is 19.6 Å². The predicted molar refractivity (Wildman–Crippen MR) is 116 cm³/mol. The monoisotopic (exact) mass is 405 g/mol. The molecule has 7 heteroatoms. The van der Waals surface area contributed by atoms with Gasteiger partial charge in [-0.25, -0.2) is 9.19 Å². The molecule has 1 aromatic carbocycles. The quantitative estimate of drug-likeness (QED) is 0.478. The fraction of sp³-hybridized carbons (Fsp3) is 0.227. The molecular weight excluding hydrogens is 382 g/mol. The third kappa shape index (κ3) is 4.05. The van der Waals surface area contributed by atoms with Crippen LogP contribution in [0.3, 0.4) is 0 Å². The van der Waals surface area contributed by atoms with Gasteiger partial charge in [-0.2, -0.15) is 9.61 Å². The molecule has 4 aromatic rings. The molecule has 0 bridgehead atoms. The topological polar surface area (TPSA) is 72.2 Å². The fourth-order valence-corrected chi connectivity index (χ4v) is 4.17. The second-order valence-electron chi connectivity index (χ2n) is 6.98. The lowest BCUT2D eigenvalue weighted by Crippen LogP contribution is -2.10. The minimum Gasteiger partial charge on any atom is -0.285 e. The largest absolute Gasteiger partial charge is 0.285 e. The second kappa shape index (κ2) is 8.53. The number of hydrogen-bond acceptors (Lipinski definition) is 4. The van der Waals surface area contributed by atoms with E-state index < -0.39 is 11.0 Å². The Bertz CT molecular complexity index is 1130. The van der Waals surface area contributed by atoms with E-state index in [1.54, 1.807) is 29.0 Å². The summed E-state index contributed by atoms with van der Waals surface area (Å²) in [7, 11) is -1.46. The van der Waals surface area contributed by atoms with Crippen molar-refractivity contribution in [3.05, 3.63) is 72.7 Å². The number of anilines is 1. The number of hydrogen-bond donors (Lipinski definition) is 1. The van der Waals surface area contributed by atoms with Gasteiger partial charge in [-0.3, -0.25) is 9.71 Å². The molecule has 2 unspecified atom stereocenters. The Morgan fingerprint density at radius 2 is 1.97 bits per heavy atom. The third-order valence-corrected chi connectivity index (χ3v) is 5.93. The number of aromatic nitrogens is 4. The summed E-state index contributed by atoms with van der Waals surface area (Å²) in [6.07, 6.45) is 7.27. The molecule has 3 aromatic heterocycles. The van der Waals surface area contributed by atoms with Crippen LogP contribution < -0.4 is 4.72 Å². The average molecular weight is 406 g/mol. The van der Waals surface area contributed by atoms with Crippen molar-refractivity contribution in [2.24, 2.45) is 0 Å². The standard InChI is InChI=1S/C22H23N5OS/c1-3-8-16(2)19-15-24-27-21(26-29(28)18-11-7-12-23-14-18)13-20(25-22(19)27)17-9-5-4-6-10-17/h4-7,9-16,26H,3,8H2,1-2H3. The lowest BCUT2D eigenvalue weighted by atomic mass is 9.99. The van der Waals surface area contributed by atoms with Gasteiger partial charge in [0.15, 0.2) is 16.6 Å². The maximum atomic E-state index is 12.8. The molecule has 0 fully saturated rings. The highest BCUT2D eigenvalue weighted by molar-refractivity contribution is 7.86. The van der Waals surface area contributed by atoms with Gasteiger partial charge in [0.25, 0.3) is 0 Å². The first-order valence-electron chi connectivity index (χ1n) is 9.70. The van der Waals surface area contributed by atoms with Crippen LogP contribution in [-0.4, -0.2) is 23.8 Å². The van der Waals surface area contributed by atoms with Crippen molar-refractivity contribution in [3.63, 3.8) is 0 Å².